The Morgan fingerprint density at radius 1 is 1.50 bits per heavy atom. The first-order chi connectivity index (χ1) is 3.93. The molecule has 44 valence electrons. The molecule has 2 nitrogen and oxygen atoms in total. The van der Waals surface area contributed by atoms with Gasteiger partial charge in [0.1, 0.15) is 0 Å². The van der Waals surface area contributed by atoms with Gasteiger partial charge in [-0.25, -0.2) is 0 Å². The van der Waals surface area contributed by atoms with Gasteiger partial charge in [-0.1, -0.05) is 0 Å². The molecule has 0 unspecified atom stereocenters. The summed E-state index contributed by atoms with van der Waals surface area (Å²) in [5, 5.41) is 0. The lowest BCUT2D eigenvalue weighted by Gasteiger charge is -1.89. The summed E-state index contributed by atoms with van der Waals surface area (Å²) in [5.74, 6) is 0. The molecule has 0 saturated carbocycles. The number of nitrogens with zero attached hydrogens (tertiary/aromatic N) is 1. The maximum Gasteiger partial charge on any atom is 0.0271 e. The van der Waals surface area contributed by atoms with Crippen LogP contribution >= 0.6 is 0 Å². The monoisotopic (exact) mass is 110 g/mol. The van der Waals surface area contributed by atoms with E-state index in [0.29, 0.717) is 6.54 Å². The Hall–Kier alpha value is -0.890. The number of hydrogen-bond donors (Lipinski definition) is 1. The molecule has 0 saturated heterocycles. The lowest BCUT2D eigenvalue weighted by molar-refractivity contribution is 1.06. The largest absolute Gasteiger partial charge is 0.326 e. The van der Waals surface area contributed by atoms with E-state index in [0.717, 1.165) is 5.56 Å². The second kappa shape index (κ2) is 2.43. The van der Waals surface area contributed by atoms with Crippen molar-refractivity contribution < 1.29 is 1.43 Å². The SMILES string of the molecule is NCc1ccncc1.[HH]. The third kappa shape index (κ3) is 1.04. The molecule has 0 amide bonds. The smallest absolute Gasteiger partial charge is 0.0271 e. The predicted molar refractivity (Wildman–Crippen MR) is 34.2 cm³/mol. The first-order valence-electron chi connectivity index (χ1n) is 2.52. The molecule has 1 aromatic rings. The highest BCUT2D eigenvalue weighted by molar-refractivity contribution is 5.08. The molecule has 0 aliphatic rings. The molecule has 8 heavy (non-hydrogen) atoms. The lowest BCUT2D eigenvalue weighted by Crippen LogP contribution is -1.94. The number of nitrogens with two attached hydrogens (primary N) is 1. The average Bonchev–Trinajstić information content (AvgIpc) is 1.90. The molecule has 0 spiro atoms. The highest BCUT2D eigenvalue weighted by Crippen LogP contribution is 1.91. The van der Waals surface area contributed by atoms with E-state index in [1.54, 1.807) is 12.4 Å². The summed E-state index contributed by atoms with van der Waals surface area (Å²) in [6, 6.07) is 3.81. The molecule has 0 bridgehead atoms. The second-order valence-electron chi connectivity index (χ2n) is 1.56. The Morgan fingerprint density at radius 3 is 2.50 bits per heavy atom. The topological polar surface area (TPSA) is 38.9 Å². The van der Waals surface area contributed by atoms with Crippen LogP contribution in [0.4, 0.5) is 0 Å². The van der Waals surface area contributed by atoms with Crippen molar-refractivity contribution in [2.24, 2.45) is 5.73 Å². The van der Waals surface area contributed by atoms with Gasteiger partial charge in [-0.05, 0) is 17.7 Å². The number of aromatic nitrogens is 1. The van der Waals surface area contributed by atoms with Crippen LogP contribution in [0.2, 0.25) is 0 Å². The van der Waals surface area contributed by atoms with Crippen LogP contribution < -0.4 is 5.73 Å². The highest BCUT2D eigenvalue weighted by Gasteiger charge is 1.80. The maximum atomic E-state index is 5.32. The summed E-state index contributed by atoms with van der Waals surface area (Å²) < 4.78 is 0. The Bertz CT molecular complexity index is 152. The molecule has 2 N–H and O–H groups in total. The van der Waals surface area contributed by atoms with Crippen LogP contribution in [0, 0.1) is 0 Å². The summed E-state index contributed by atoms with van der Waals surface area (Å²) in [4.78, 5) is 3.84. The van der Waals surface area contributed by atoms with Gasteiger partial charge in [-0.2, -0.15) is 0 Å². The highest BCUT2D eigenvalue weighted by atomic mass is 14.6. The van der Waals surface area contributed by atoms with Gasteiger partial charge in [0, 0.05) is 20.4 Å². The molecule has 0 aliphatic heterocycles. The van der Waals surface area contributed by atoms with E-state index < -0.39 is 0 Å². The van der Waals surface area contributed by atoms with Gasteiger partial charge in [0.05, 0.1) is 0 Å². The van der Waals surface area contributed by atoms with E-state index in [1.807, 2.05) is 12.1 Å². The van der Waals surface area contributed by atoms with Crippen molar-refractivity contribution in [2.45, 2.75) is 6.54 Å². The minimum absolute atomic E-state index is 0. The minimum Gasteiger partial charge on any atom is -0.326 e. The van der Waals surface area contributed by atoms with E-state index in [-0.39, 0.29) is 1.43 Å². The molecule has 0 radical (unpaired) electrons. The van der Waals surface area contributed by atoms with Crippen molar-refractivity contribution in [3.8, 4) is 0 Å². The van der Waals surface area contributed by atoms with Crippen LogP contribution in [-0.4, -0.2) is 4.98 Å². The first kappa shape index (κ1) is 5.25. The third-order valence-corrected chi connectivity index (χ3v) is 0.985. The van der Waals surface area contributed by atoms with Crippen LogP contribution in [0.15, 0.2) is 24.5 Å². The maximum absolute atomic E-state index is 5.32. The molecule has 1 rings (SSSR count). The van der Waals surface area contributed by atoms with Gasteiger partial charge < -0.3 is 5.73 Å². The molecular formula is C6H10N2. The van der Waals surface area contributed by atoms with E-state index in [1.165, 1.54) is 0 Å². The first-order valence-corrected chi connectivity index (χ1v) is 2.52. The van der Waals surface area contributed by atoms with Crippen LogP contribution in [0.3, 0.4) is 0 Å². The van der Waals surface area contributed by atoms with Crippen molar-refractivity contribution >= 4 is 0 Å². The van der Waals surface area contributed by atoms with E-state index >= 15 is 0 Å². The van der Waals surface area contributed by atoms with Gasteiger partial charge in [-0.15, -0.1) is 0 Å². The molecule has 0 aromatic carbocycles. The van der Waals surface area contributed by atoms with E-state index in [9.17, 15) is 0 Å². The van der Waals surface area contributed by atoms with Crippen LogP contribution in [0.25, 0.3) is 0 Å². The summed E-state index contributed by atoms with van der Waals surface area (Å²) in [5.41, 5.74) is 6.45. The standard InChI is InChI=1S/C6H8N2.H2/c7-5-6-1-3-8-4-2-6;/h1-4H,5,7H2;1H. The summed E-state index contributed by atoms with van der Waals surface area (Å²) in [7, 11) is 0. The molecule has 0 fully saturated rings. The van der Waals surface area contributed by atoms with Crippen molar-refractivity contribution in [2.75, 3.05) is 0 Å². The van der Waals surface area contributed by atoms with Crippen molar-refractivity contribution in [1.82, 2.24) is 4.98 Å². The quantitative estimate of drug-likeness (QED) is 0.580. The summed E-state index contributed by atoms with van der Waals surface area (Å²) in [6.45, 7) is 0.600. The van der Waals surface area contributed by atoms with Gasteiger partial charge in [0.2, 0.25) is 0 Å². The fourth-order valence-corrected chi connectivity index (χ4v) is 0.519. The van der Waals surface area contributed by atoms with Crippen molar-refractivity contribution in [3.63, 3.8) is 0 Å². The van der Waals surface area contributed by atoms with Gasteiger partial charge in [0.15, 0.2) is 0 Å². The Kier molecular flexibility index (Phi) is 1.59. The van der Waals surface area contributed by atoms with Crippen LogP contribution in [0.5, 0.6) is 0 Å². The summed E-state index contributed by atoms with van der Waals surface area (Å²) in [6.07, 6.45) is 3.48. The van der Waals surface area contributed by atoms with Crippen LogP contribution in [0.1, 0.15) is 6.99 Å². The van der Waals surface area contributed by atoms with E-state index in [2.05, 4.69) is 4.98 Å². The van der Waals surface area contributed by atoms with Gasteiger partial charge in [0.25, 0.3) is 0 Å². The lowest BCUT2D eigenvalue weighted by atomic mass is 10.3. The van der Waals surface area contributed by atoms with Crippen LogP contribution in [-0.2, 0) is 6.54 Å². The van der Waals surface area contributed by atoms with Gasteiger partial charge in [-0.3, -0.25) is 4.98 Å². The van der Waals surface area contributed by atoms with E-state index in [4.69, 9.17) is 5.73 Å². The Morgan fingerprint density at radius 2 is 2.12 bits per heavy atom. The molecule has 2 heteroatoms. The Labute approximate surface area is 49.8 Å². The van der Waals surface area contributed by atoms with Crippen molar-refractivity contribution in [1.29, 1.82) is 0 Å². The zero-order valence-corrected chi connectivity index (χ0v) is 4.54. The number of hydrogen-bond acceptors (Lipinski definition) is 2. The number of pyridine rings is 1. The summed E-state index contributed by atoms with van der Waals surface area (Å²) >= 11 is 0. The molecule has 1 heterocycles. The Balaban J connectivity index is 0.000000640. The molecule has 0 aliphatic carbocycles. The molecule has 0 atom stereocenters. The van der Waals surface area contributed by atoms with Gasteiger partial charge >= 0.3 is 0 Å². The zero-order chi connectivity index (χ0) is 5.82. The predicted octanol–water partition coefficient (Wildman–Crippen LogP) is 0.786. The normalized spacial score (nSPS) is 9.12. The average molecular weight is 110 g/mol. The fourth-order valence-electron chi connectivity index (χ4n) is 0.519. The second-order valence-corrected chi connectivity index (χ2v) is 1.56. The van der Waals surface area contributed by atoms with Crippen molar-refractivity contribution in [3.05, 3.63) is 30.1 Å². The molecule has 1 aromatic heterocycles. The minimum atomic E-state index is 0. The third-order valence-electron chi connectivity index (χ3n) is 0.985. The zero-order valence-electron chi connectivity index (χ0n) is 4.54. The molecular weight excluding hydrogens is 100 g/mol. The fraction of sp³-hybridized carbons (Fsp3) is 0.167. The number of rotatable bonds is 1.